The first-order chi connectivity index (χ1) is 13.3. The van der Waals surface area contributed by atoms with Gasteiger partial charge in [-0.25, -0.2) is 0 Å². The molecule has 0 aromatic rings. The third-order valence-corrected chi connectivity index (χ3v) is 2.82. The molecule has 1 aliphatic heterocycles. The molecule has 0 aromatic heterocycles. The zero-order valence-electron chi connectivity index (χ0n) is 16.5. The first-order valence-electron chi connectivity index (χ1n) is 9.35. The Morgan fingerprint density at radius 2 is 1.29 bits per heavy atom. The summed E-state index contributed by atoms with van der Waals surface area (Å²) in [4.78, 5) is 46.3. The van der Waals surface area contributed by atoms with E-state index in [1.54, 1.807) is 0 Å². The van der Waals surface area contributed by atoms with Gasteiger partial charge in [0.2, 0.25) is 12.4 Å². The molecular weight excluding hydrogens is 328 g/mol. The number of carbonyl (C=O) groups is 4. The van der Waals surface area contributed by atoms with Crippen molar-refractivity contribution in [3.05, 3.63) is 0 Å². The van der Waals surface area contributed by atoms with Crippen molar-refractivity contribution < 1.29 is 53.5 Å². The molecule has 1 fully saturated rings. The number of hydrogen-bond donors (Lipinski definition) is 1. The summed E-state index contributed by atoms with van der Waals surface area (Å²) in [6, 6.07) is 0. The zero-order valence-corrected chi connectivity index (χ0v) is 12.5. The Balaban J connectivity index is 3.30. The average Bonchev–Trinajstić information content (AvgIpc) is 2.70. The van der Waals surface area contributed by atoms with Crippen LogP contribution in [-0.4, -0.2) is 66.3 Å². The Morgan fingerprint density at radius 1 is 0.833 bits per heavy atom. The molecule has 1 heterocycles. The summed E-state index contributed by atoms with van der Waals surface area (Å²) in [5.41, 5.74) is 0. The Kier molecular flexibility index (Phi) is 5.07. The quantitative estimate of drug-likeness (QED) is 0.488. The summed E-state index contributed by atoms with van der Waals surface area (Å²) < 4.78 is 53.2. The molecule has 0 radical (unpaired) electrons. The minimum atomic E-state index is -1.75. The van der Waals surface area contributed by atoms with Crippen molar-refractivity contribution in [3.63, 3.8) is 0 Å². The standard InChI is InChI=1S/C14H20O10/c1-6(16)20-11-10(5-15)24-14(23-9(4)19)13(22-8(3)18)12(11)21-7(2)17/h10-15H,5H2,1-4H3/t10-,11+,12+,13-,14?/m1/s1/i1D,2D,3D,4D. The lowest BCUT2D eigenvalue weighted by molar-refractivity contribution is -0.299. The molecule has 0 amide bonds. The van der Waals surface area contributed by atoms with Crippen LogP contribution in [0, 0.1) is 0 Å². The van der Waals surface area contributed by atoms with E-state index in [4.69, 9.17) is 29.2 Å². The Bertz CT molecular complexity index is 574. The molecule has 0 saturated carbocycles. The maximum absolute atomic E-state index is 11.7. The molecule has 1 N–H and O–H groups in total. The number of carbonyl (C=O) groups excluding carboxylic acids is 4. The summed E-state index contributed by atoms with van der Waals surface area (Å²) >= 11 is 0. The van der Waals surface area contributed by atoms with E-state index < -0.39 is 88.8 Å². The van der Waals surface area contributed by atoms with Crippen molar-refractivity contribution in [1.82, 2.24) is 0 Å². The van der Waals surface area contributed by atoms with Crippen molar-refractivity contribution in [2.24, 2.45) is 0 Å². The first kappa shape index (κ1) is 14.2. The van der Waals surface area contributed by atoms with Crippen molar-refractivity contribution in [2.45, 2.75) is 58.3 Å². The first-order valence-corrected chi connectivity index (χ1v) is 6.52. The minimum Gasteiger partial charge on any atom is -0.456 e. The fraction of sp³-hybridized carbons (Fsp3) is 0.714. The molecule has 0 aliphatic carbocycles. The zero-order chi connectivity index (χ0) is 21.3. The van der Waals surface area contributed by atoms with Crippen LogP contribution in [0.15, 0.2) is 0 Å². The number of rotatable bonds is 5. The molecule has 1 unspecified atom stereocenters. The Hall–Kier alpha value is -2.20. The number of aliphatic hydroxyl groups excluding tert-OH is 1. The lowest BCUT2D eigenvalue weighted by atomic mass is 9.98. The predicted octanol–water partition coefficient (Wildman–Crippen LogP) is -0.938. The molecule has 0 spiro atoms. The molecule has 10 nitrogen and oxygen atoms in total. The van der Waals surface area contributed by atoms with Crippen LogP contribution in [0.4, 0.5) is 0 Å². The van der Waals surface area contributed by atoms with Gasteiger partial charge in [0.05, 0.1) is 6.61 Å². The third kappa shape index (κ3) is 5.46. The molecule has 5 atom stereocenters. The van der Waals surface area contributed by atoms with E-state index in [0.29, 0.717) is 0 Å². The van der Waals surface area contributed by atoms with E-state index in [1.807, 2.05) is 0 Å². The minimum absolute atomic E-state index is 0.807. The van der Waals surface area contributed by atoms with E-state index >= 15 is 0 Å². The predicted molar refractivity (Wildman–Crippen MR) is 74.2 cm³/mol. The van der Waals surface area contributed by atoms with Crippen molar-refractivity contribution >= 4 is 23.9 Å². The highest BCUT2D eigenvalue weighted by molar-refractivity contribution is 5.69. The second-order valence-corrected chi connectivity index (χ2v) is 4.58. The second-order valence-electron chi connectivity index (χ2n) is 4.58. The van der Waals surface area contributed by atoms with Gasteiger partial charge in [0.25, 0.3) is 0 Å². The van der Waals surface area contributed by atoms with Crippen LogP contribution in [0.3, 0.4) is 0 Å². The van der Waals surface area contributed by atoms with Gasteiger partial charge in [0, 0.05) is 33.1 Å². The van der Waals surface area contributed by atoms with Gasteiger partial charge in [-0.1, -0.05) is 0 Å². The molecule has 10 heteroatoms. The molecule has 1 aliphatic rings. The highest BCUT2D eigenvalue weighted by Crippen LogP contribution is 2.29. The molecule has 24 heavy (non-hydrogen) atoms. The van der Waals surface area contributed by atoms with Crippen LogP contribution in [0.25, 0.3) is 0 Å². The maximum atomic E-state index is 11.7. The summed E-state index contributed by atoms with van der Waals surface area (Å²) in [7, 11) is 0. The van der Waals surface area contributed by atoms with E-state index in [1.165, 1.54) is 0 Å². The fourth-order valence-electron chi connectivity index (χ4n) is 2.11. The largest absolute Gasteiger partial charge is 0.456 e. The van der Waals surface area contributed by atoms with E-state index in [-0.39, 0.29) is 0 Å². The molecule has 0 aromatic carbocycles. The molecule has 1 saturated heterocycles. The third-order valence-electron chi connectivity index (χ3n) is 2.82. The normalized spacial score (nSPS) is 31.5. The van der Waals surface area contributed by atoms with Gasteiger partial charge >= 0.3 is 23.9 Å². The maximum Gasteiger partial charge on any atom is 0.305 e. The van der Waals surface area contributed by atoms with E-state index in [2.05, 4.69) is 0 Å². The monoisotopic (exact) mass is 352 g/mol. The van der Waals surface area contributed by atoms with E-state index in [9.17, 15) is 24.3 Å². The van der Waals surface area contributed by atoms with Crippen molar-refractivity contribution in [1.29, 1.82) is 0 Å². The summed E-state index contributed by atoms with van der Waals surface area (Å²) in [6.45, 7) is -4.15. The highest BCUT2D eigenvalue weighted by Gasteiger charge is 2.53. The van der Waals surface area contributed by atoms with Crippen LogP contribution >= 0.6 is 0 Å². The van der Waals surface area contributed by atoms with Gasteiger partial charge in [-0.3, -0.25) is 19.2 Å². The summed E-state index contributed by atoms with van der Waals surface area (Å²) in [5, 5.41) is 9.52. The number of hydrogen-bond acceptors (Lipinski definition) is 10. The molecule has 0 bridgehead atoms. The Morgan fingerprint density at radius 3 is 1.79 bits per heavy atom. The van der Waals surface area contributed by atoms with Gasteiger partial charge < -0.3 is 28.8 Å². The fourth-order valence-corrected chi connectivity index (χ4v) is 2.11. The Labute approximate surface area is 143 Å². The topological polar surface area (TPSA) is 135 Å². The summed E-state index contributed by atoms with van der Waals surface area (Å²) in [6.07, 6.45) is -8.10. The summed E-state index contributed by atoms with van der Waals surface area (Å²) in [5.74, 6) is -4.42. The van der Waals surface area contributed by atoms with Gasteiger partial charge in [-0.15, -0.1) is 0 Å². The van der Waals surface area contributed by atoms with Gasteiger partial charge in [0.15, 0.2) is 12.2 Å². The molecule has 1 rings (SSSR count). The van der Waals surface area contributed by atoms with Crippen LogP contribution in [0.2, 0.25) is 0 Å². The van der Waals surface area contributed by atoms with Crippen LogP contribution in [0.1, 0.15) is 33.1 Å². The van der Waals surface area contributed by atoms with Crippen molar-refractivity contribution in [2.75, 3.05) is 6.61 Å². The molecular formula is C14H20O10. The van der Waals surface area contributed by atoms with Crippen LogP contribution in [0.5, 0.6) is 0 Å². The van der Waals surface area contributed by atoms with Crippen LogP contribution in [-0.2, 0) is 42.9 Å². The number of aliphatic hydroxyl groups is 1. The lowest BCUT2D eigenvalue weighted by Gasteiger charge is -2.43. The second kappa shape index (κ2) is 8.60. The molecule has 136 valence electrons. The lowest BCUT2D eigenvalue weighted by Crippen LogP contribution is -2.62. The SMILES string of the molecule is [2H]CC(=O)OC1O[C@H](CO)[C@H](OC(=O)C[2H])[C@H](OC(=O)C[2H])[C@H]1OC(=O)C[2H]. The van der Waals surface area contributed by atoms with E-state index in [0.717, 1.165) is 0 Å². The van der Waals surface area contributed by atoms with Gasteiger partial charge in [0.1, 0.15) is 6.10 Å². The van der Waals surface area contributed by atoms with Crippen LogP contribution < -0.4 is 0 Å². The van der Waals surface area contributed by atoms with Crippen molar-refractivity contribution in [3.8, 4) is 0 Å². The number of ether oxygens (including phenoxy) is 5. The van der Waals surface area contributed by atoms with Gasteiger partial charge in [-0.05, 0) is 0 Å². The highest BCUT2D eigenvalue weighted by atomic mass is 16.7. The smallest absolute Gasteiger partial charge is 0.305 e. The van der Waals surface area contributed by atoms with Gasteiger partial charge in [-0.2, -0.15) is 0 Å². The number of esters is 4. The average molecular weight is 352 g/mol.